The van der Waals surface area contributed by atoms with Crippen LogP contribution in [0.25, 0.3) is 0 Å². The Morgan fingerprint density at radius 2 is 1.70 bits per heavy atom. The largest absolute Gasteiger partial charge is 0.334 e. The van der Waals surface area contributed by atoms with Crippen molar-refractivity contribution in [1.29, 1.82) is 0 Å². The number of hydrogen-bond acceptors (Lipinski definition) is 4. The molecule has 140 valence electrons. The maximum absolute atomic E-state index is 12.7. The highest BCUT2D eigenvalue weighted by Gasteiger charge is 2.17. The standard InChI is InChI=1S/C20H20N2O3S2/c1-2-22(15-18-7-6-14-26-18)20(23)16-10-12-17(13-11-16)21-27(24,25)19-8-4-3-5-9-19/h3-14,21H,2,15H2,1H3. The zero-order valence-electron chi connectivity index (χ0n) is 14.8. The first-order valence-corrected chi connectivity index (χ1v) is 10.9. The third-order valence-corrected chi connectivity index (χ3v) is 6.29. The van der Waals surface area contributed by atoms with Gasteiger partial charge in [-0.15, -0.1) is 11.3 Å². The van der Waals surface area contributed by atoms with Crippen LogP contribution in [0.2, 0.25) is 0 Å². The van der Waals surface area contributed by atoms with Gasteiger partial charge in [-0.05, 0) is 54.8 Å². The minimum Gasteiger partial charge on any atom is -0.334 e. The fourth-order valence-electron chi connectivity index (χ4n) is 2.60. The molecule has 0 fully saturated rings. The normalized spacial score (nSPS) is 11.1. The number of carbonyl (C=O) groups excluding carboxylic acids is 1. The van der Waals surface area contributed by atoms with Gasteiger partial charge in [0.05, 0.1) is 11.4 Å². The SMILES string of the molecule is CCN(Cc1cccs1)C(=O)c1ccc(NS(=O)(=O)c2ccccc2)cc1. The summed E-state index contributed by atoms with van der Waals surface area (Å²) in [6.07, 6.45) is 0. The summed E-state index contributed by atoms with van der Waals surface area (Å²) in [7, 11) is -3.65. The molecule has 0 aliphatic rings. The third-order valence-electron chi connectivity index (χ3n) is 4.03. The van der Waals surface area contributed by atoms with Crippen LogP contribution in [0, 0.1) is 0 Å². The number of nitrogens with one attached hydrogen (secondary N) is 1. The van der Waals surface area contributed by atoms with Crippen molar-refractivity contribution in [2.24, 2.45) is 0 Å². The lowest BCUT2D eigenvalue weighted by atomic mass is 10.2. The molecular weight excluding hydrogens is 380 g/mol. The summed E-state index contributed by atoms with van der Waals surface area (Å²) in [5.41, 5.74) is 0.938. The molecule has 0 atom stereocenters. The second-order valence-electron chi connectivity index (χ2n) is 5.89. The zero-order valence-corrected chi connectivity index (χ0v) is 16.5. The van der Waals surface area contributed by atoms with Crippen LogP contribution in [0.1, 0.15) is 22.2 Å². The van der Waals surface area contributed by atoms with Gasteiger partial charge in [-0.1, -0.05) is 24.3 Å². The summed E-state index contributed by atoms with van der Waals surface area (Å²) in [6, 6.07) is 18.6. The molecular formula is C20H20N2O3S2. The molecule has 5 nitrogen and oxygen atoms in total. The van der Waals surface area contributed by atoms with Gasteiger partial charge in [0, 0.05) is 22.7 Å². The summed E-state index contributed by atoms with van der Waals surface area (Å²) in [5, 5.41) is 1.99. The van der Waals surface area contributed by atoms with Crippen molar-refractivity contribution >= 4 is 33.0 Å². The van der Waals surface area contributed by atoms with E-state index in [2.05, 4.69) is 4.72 Å². The van der Waals surface area contributed by atoms with Crippen molar-refractivity contribution in [2.45, 2.75) is 18.4 Å². The van der Waals surface area contributed by atoms with E-state index in [4.69, 9.17) is 0 Å². The molecule has 3 aromatic rings. The minimum absolute atomic E-state index is 0.0802. The summed E-state index contributed by atoms with van der Waals surface area (Å²) < 4.78 is 27.3. The van der Waals surface area contributed by atoms with Gasteiger partial charge in [0.2, 0.25) is 0 Å². The Labute approximate surface area is 163 Å². The van der Waals surface area contributed by atoms with Crippen molar-refractivity contribution in [1.82, 2.24) is 4.90 Å². The summed E-state index contributed by atoms with van der Waals surface area (Å²) in [5.74, 6) is -0.0802. The van der Waals surface area contributed by atoms with E-state index in [1.165, 1.54) is 12.1 Å². The van der Waals surface area contributed by atoms with Crippen molar-refractivity contribution in [3.8, 4) is 0 Å². The Morgan fingerprint density at radius 1 is 1.00 bits per heavy atom. The van der Waals surface area contributed by atoms with Crippen molar-refractivity contribution in [2.75, 3.05) is 11.3 Å². The molecule has 0 unspecified atom stereocenters. The highest BCUT2D eigenvalue weighted by atomic mass is 32.2. The highest BCUT2D eigenvalue weighted by molar-refractivity contribution is 7.92. The number of anilines is 1. The summed E-state index contributed by atoms with van der Waals surface area (Å²) in [6.45, 7) is 3.10. The van der Waals surface area contributed by atoms with E-state index in [0.29, 0.717) is 24.3 Å². The topological polar surface area (TPSA) is 66.5 Å². The molecule has 0 aliphatic heterocycles. The molecule has 27 heavy (non-hydrogen) atoms. The van der Waals surface area contributed by atoms with Gasteiger partial charge in [0.1, 0.15) is 0 Å². The molecule has 1 amide bonds. The molecule has 7 heteroatoms. The number of carbonyl (C=O) groups is 1. The van der Waals surface area contributed by atoms with Gasteiger partial charge < -0.3 is 4.90 Å². The Morgan fingerprint density at radius 3 is 2.30 bits per heavy atom. The van der Waals surface area contributed by atoms with Crippen LogP contribution < -0.4 is 4.72 Å². The Balaban J connectivity index is 1.72. The van der Waals surface area contributed by atoms with E-state index >= 15 is 0 Å². The fraction of sp³-hybridized carbons (Fsp3) is 0.150. The summed E-state index contributed by atoms with van der Waals surface area (Å²) in [4.78, 5) is 15.8. The van der Waals surface area contributed by atoms with Crippen LogP contribution in [0.3, 0.4) is 0 Å². The highest BCUT2D eigenvalue weighted by Crippen LogP contribution is 2.18. The van der Waals surface area contributed by atoms with E-state index in [1.807, 2.05) is 24.4 Å². The monoisotopic (exact) mass is 400 g/mol. The van der Waals surface area contributed by atoms with E-state index in [0.717, 1.165) is 4.88 Å². The quantitative estimate of drug-likeness (QED) is 0.646. The zero-order chi connectivity index (χ0) is 19.3. The number of thiophene rings is 1. The first kappa shape index (κ1) is 19.1. The molecule has 0 spiro atoms. The van der Waals surface area contributed by atoms with Crippen LogP contribution in [0.15, 0.2) is 77.0 Å². The first-order valence-electron chi connectivity index (χ1n) is 8.49. The average molecular weight is 401 g/mol. The van der Waals surface area contributed by atoms with Gasteiger partial charge >= 0.3 is 0 Å². The van der Waals surface area contributed by atoms with E-state index in [9.17, 15) is 13.2 Å². The van der Waals surface area contributed by atoms with Gasteiger partial charge in [-0.3, -0.25) is 9.52 Å². The number of nitrogens with zero attached hydrogens (tertiary/aromatic N) is 1. The lowest BCUT2D eigenvalue weighted by Crippen LogP contribution is -2.29. The fourth-order valence-corrected chi connectivity index (χ4v) is 4.39. The van der Waals surface area contributed by atoms with E-state index in [1.54, 1.807) is 58.7 Å². The van der Waals surface area contributed by atoms with Gasteiger partial charge in [0.15, 0.2) is 0 Å². The molecule has 0 saturated carbocycles. The number of amides is 1. The number of sulfonamides is 1. The molecule has 0 aliphatic carbocycles. The maximum atomic E-state index is 12.7. The van der Waals surface area contributed by atoms with Crippen molar-refractivity contribution < 1.29 is 13.2 Å². The summed E-state index contributed by atoms with van der Waals surface area (Å²) >= 11 is 1.62. The Kier molecular flexibility index (Phi) is 5.93. The van der Waals surface area contributed by atoms with Gasteiger partial charge in [-0.2, -0.15) is 0 Å². The predicted molar refractivity (Wildman–Crippen MR) is 108 cm³/mol. The van der Waals surface area contributed by atoms with Gasteiger partial charge in [-0.25, -0.2) is 8.42 Å². The van der Waals surface area contributed by atoms with Gasteiger partial charge in [0.25, 0.3) is 15.9 Å². The van der Waals surface area contributed by atoms with Crippen LogP contribution in [-0.2, 0) is 16.6 Å². The second kappa shape index (κ2) is 8.37. The molecule has 0 saturated heterocycles. The number of hydrogen-bond donors (Lipinski definition) is 1. The van der Waals surface area contributed by atoms with Crippen LogP contribution in [0.5, 0.6) is 0 Å². The van der Waals surface area contributed by atoms with Crippen molar-refractivity contribution in [3.63, 3.8) is 0 Å². The van der Waals surface area contributed by atoms with E-state index in [-0.39, 0.29) is 10.8 Å². The van der Waals surface area contributed by atoms with Crippen molar-refractivity contribution in [3.05, 3.63) is 82.6 Å². The van der Waals surface area contributed by atoms with E-state index < -0.39 is 10.0 Å². The number of benzene rings is 2. The minimum atomic E-state index is -3.65. The van der Waals surface area contributed by atoms with Crippen LogP contribution in [-0.4, -0.2) is 25.8 Å². The molecule has 1 aromatic heterocycles. The predicted octanol–water partition coefficient (Wildman–Crippen LogP) is 4.21. The molecule has 2 aromatic carbocycles. The lowest BCUT2D eigenvalue weighted by Gasteiger charge is -2.20. The van der Waals surface area contributed by atoms with Crippen LogP contribution in [0.4, 0.5) is 5.69 Å². The molecule has 1 heterocycles. The molecule has 0 bridgehead atoms. The van der Waals surface area contributed by atoms with Crippen LogP contribution >= 0.6 is 11.3 Å². The average Bonchev–Trinajstić information content (AvgIpc) is 3.20. The Bertz CT molecular complexity index is 983. The number of rotatable bonds is 7. The molecule has 0 radical (unpaired) electrons. The molecule has 1 N–H and O–H groups in total. The molecule has 3 rings (SSSR count). The Hall–Kier alpha value is -2.64. The first-order chi connectivity index (χ1) is 13.0. The second-order valence-corrected chi connectivity index (χ2v) is 8.61. The lowest BCUT2D eigenvalue weighted by molar-refractivity contribution is 0.0754. The smallest absolute Gasteiger partial charge is 0.261 e. The maximum Gasteiger partial charge on any atom is 0.261 e. The third kappa shape index (κ3) is 4.75.